The molecule has 0 radical (unpaired) electrons. The van der Waals surface area contributed by atoms with E-state index in [2.05, 4.69) is 49.2 Å². The first-order valence-corrected chi connectivity index (χ1v) is 10.2. The second-order valence-corrected chi connectivity index (χ2v) is 8.29. The minimum absolute atomic E-state index is 0.700. The first-order chi connectivity index (χ1) is 14.8. The van der Waals surface area contributed by atoms with Gasteiger partial charge in [-0.1, -0.05) is 0 Å². The molecule has 30 heavy (non-hydrogen) atoms. The standard InChI is InChI=1S/C22H15N7S/c1-12-2-3-19(30-12)15-9-24-10-18-20(15)27-22(26-18)21-14-8-16(13-4-6-23-7-5-13)25-11-17(14)28-29-21/h2-11H,1H3,(H,26,27)(H,28,29). The second-order valence-electron chi connectivity index (χ2n) is 7.00. The normalized spacial score (nSPS) is 11.5. The molecule has 0 spiro atoms. The highest BCUT2D eigenvalue weighted by molar-refractivity contribution is 7.15. The number of fused-ring (bicyclic) bond motifs is 2. The Bertz CT molecular complexity index is 1510. The molecule has 6 aromatic heterocycles. The molecule has 8 heteroatoms. The van der Waals surface area contributed by atoms with Crippen LogP contribution in [-0.2, 0) is 0 Å². The zero-order valence-corrected chi connectivity index (χ0v) is 16.7. The molecule has 0 bridgehead atoms. The molecule has 0 fully saturated rings. The monoisotopic (exact) mass is 409 g/mol. The molecule has 0 unspecified atom stereocenters. The lowest BCUT2D eigenvalue weighted by Crippen LogP contribution is -1.85. The number of aromatic amines is 2. The summed E-state index contributed by atoms with van der Waals surface area (Å²) in [5.74, 6) is 0.700. The molecule has 0 aromatic carbocycles. The summed E-state index contributed by atoms with van der Waals surface area (Å²) in [4.78, 5) is 23.7. The molecular weight excluding hydrogens is 394 g/mol. The third kappa shape index (κ3) is 2.69. The molecule has 7 nitrogen and oxygen atoms in total. The van der Waals surface area contributed by atoms with E-state index in [0.29, 0.717) is 5.82 Å². The SMILES string of the molecule is Cc1ccc(-c2cncc3[nH]c(-c4n[nH]c5cnc(-c6ccncc6)cc45)nc23)s1. The van der Waals surface area contributed by atoms with Gasteiger partial charge in [0.2, 0.25) is 0 Å². The Morgan fingerprint density at radius 2 is 1.83 bits per heavy atom. The lowest BCUT2D eigenvalue weighted by molar-refractivity contribution is 1.10. The predicted molar refractivity (Wildman–Crippen MR) is 118 cm³/mol. The maximum atomic E-state index is 4.89. The molecular formula is C22H15N7S. The number of pyridine rings is 3. The van der Waals surface area contributed by atoms with E-state index < -0.39 is 0 Å². The van der Waals surface area contributed by atoms with Crippen LogP contribution >= 0.6 is 11.3 Å². The molecule has 6 heterocycles. The van der Waals surface area contributed by atoms with Crippen molar-refractivity contribution in [3.63, 3.8) is 0 Å². The van der Waals surface area contributed by atoms with Crippen LogP contribution in [0.15, 0.2) is 61.3 Å². The number of nitrogens with zero attached hydrogens (tertiary/aromatic N) is 5. The van der Waals surface area contributed by atoms with E-state index >= 15 is 0 Å². The van der Waals surface area contributed by atoms with Crippen LogP contribution in [0.3, 0.4) is 0 Å². The Kier molecular flexibility index (Phi) is 3.72. The number of nitrogens with one attached hydrogen (secondary N) is 2. The van der Waals surface area contributed by atoms with Gasteiger partial charge in [0.15, 0.2) is 5.82 Å². The zero-order chi connectivity index (χ0) is 20.1. The van der Waals surface area contributed by atoms with Gasteiger partial charge in [0.1, 0.15) is 11.2 Å². The molecule has 144 valence electrons. The fourth-order valence-corrected chi connectivity index (χ4v) is 4.46. The number of imidazole rings is 1. The molecule has 0 saturated heterocycles. The van der Waals surface area contributed by atoms with E-state index in [9.17, 15) is 0 Å². The van der Waals surface area contributed by atoms with Gasteiger partial charge in [-0.2, -0.15) is 5.10 Å². The molecule has 0 aliphatic rings. The Morgan fingerprint density at radius 3 is 2.67 bits per heavy atom. The third-order valence-corrected chi connectivity index (χ3v) is 6.08. The number of aryl methyl sites for hydroxylation is 1. The highest BCUT2D eigenvalue weighted by atomic mass is 32.1. The molecule has 0 aliphatic heterocycles. The third-order valence-electron chi connectivity index (χ3n) is 5.05. The van der Waals surface area contributed by atoms with Crippen LogP contribution < -0.4 is 0 Å². The number of aromatic nitrogens is 7. The smallest absolute Gasteiger partial charge is 0.159 e. The van der Waals surface area contributed by atoms with Gasteiger partial charge in [-0.05, 0) is 37.3 Å². The van der Waals surface area contributed by atoms with Crippen molar-refractivity contribution in [2.75, 3.05) is 0 Å². The van der Waals surface area contributed by atoms with E-state index in [-0.39, 0.29) is 0 Å². The van der Waals surface area contributed by atoms with Gasteiger partial charge in [0.25, 0.3) is 0 Å². The molecule has 0 saturated carbocycles. The quantitative estimate of drug-likeness (QED) is 0.429. The molecule has 6 rings (SSSR count). The summed E-state index contributed by atoms with van der Waals surface area (Å²) >= 11 is 1.74. The second kappa shape index (κ2) is 6.57. The van der Waals surface area contributed by atoms with Crippen molar-refractivity contribution in [2.24, 2.45) is 0 Å². The van der Waals surface area contributed by atoms with Crippen molar-refractivity contribution in [2.45, 2.75) is 6.92 Å². The largest absolute Gasteiger partial charge is 0.335 e. The summed E-state index contributed by atoms with van der Waals surface area (Å²) in [6, 6.07) is 10.1. The van der Waals surface area contributed by atoms with Crippen LogP contribution in [0.4, 0.5) is 0 Å². The van der Waals surface area contributed by atoms with Gasteiger partial charge < -0.3 is 4.98 Å². The van der Waals surface area contributed by atoms with Crippen molar-refractivity contribution in [3.05, 3.63) is 66.2 Å². The van der Waals surface area contributed by atoms with Gasteiger partial charge in [-0.3, -0.25) is 20.1 Å². The molecule has 2 N–H and O–H groups in total. The van der Waals surface area contributed by atoms with Crippen LogP contribution in [0.1, 0.15) is 4.88 Å². The van der Waals surface area contributed by atoms with Gasteiger partial charge >= 0.3 is 0 Å². The van der Waals surface area contributed by atoms with Gasteiger partial charge in [-0.15, -0.1) is 11.3 Å². The Morgan fingerprint density at radius 1 is 0.933 bits per heavy atom. The lowest BCUT2D eigenvalue weighted by atomic mass is 10.1. The lowest BCUT2D eigenvalue weighted by Gasteiger charge is -2.00. The fourth-order valence-electron chi connectivity index (χ4n) is 3.58. The van der Waals surface area contributed by atoms with Gasteiger partial charge in [-0.25, -0.2) is 4.98 Å². The number of thiophene rings is 1. The van der Waals surface area contributed by atoms with E-state index in [1.165, 1.54) is 4.88 Å². The van der Waals surface area contributed by atoms with E-state index in [4.69, 9.17) is 4.98 Å². The highest BCUT2D eigenvalue weighted by Crippen LogP contribution is 2.34. The summed E-state index contributed by atoms with van der Waals surface area (Å²) < 4.78 is 0. The zero-order valence-electron chi connectivity index (χ0n) is 15.9. The average Bonchev–Trinajstić information content (AvgIpc) is 3.51. The Balaban J connectivity index is 1.52. The first-order valence-electron chi connectivity index (χ1n) is 9.42. The van der Waals surface area contributed by atoms with Crippen molar-refractivity contribution in [3.8, 4) is 33.2 Å². The highest BCUT2D eigenvalue weighted by Gasteiger charge is 2.17. The fraction of sp³-hybridized carbons (Fsp3) is 0.0455. The topological polar surface area (TPSA) is 96.0 Å². The average molecular weight is 409 g/mol. The maximum absolute atomic E-state index is 4.89. The molecule has 0 amide bonds. The van der Waals surface area contributed by atoms with Crippen molar-refractivity contribution in [1.29, 1.82) is 0 Å². The summed E-state index contributed by atoms with van der Waals surface area (Å²) in [5, 5.41) is 8.53. The Hall–Kier alpha value is -3.91. The summed E-state index contributed by atoms with van der Waals surface area (Å²) in [7, 11) is 0. The van der Waals surface area contributed by atoms with Crippen molar-refractivity contribution >= 4 is 33.3 Å². The summed E-state index contributed by atoms with van der Waals surface area (Å²) in [6.45, 7) is 2.10. The summed E-state index contributed by atoms with van der Waals surface area (Å²) in [6.07, 6.45) is 8.99. The van der Waals surface area contributed by atoms with Crippen molar-refractivity contribution in [1.82, 2.24) is 35.1 Å². The Labute approximate surface area is 174 Å². The van der Waals surface area contributed by atoms with E-state index in [0.717, 1.165) is 49.3 Å². The molecule has 6 aromatic rings. The minimum atomic E-state index is 0.700. The number of hydrogen-bond acceptors (Lipinski definition) is 6. The van der Waals surface area contributed by atoms with Gasteiger partial charge in [0, 0.05) is 44.9 Å². The summed E-state index contributed by atoms with van der Waals surface area (Å²) in [5.41, 5.74) is 6.27. The molecule has 0 aliphatic carbocycles. The predicted octanol–water partition coefficient (Wildman–Crippen LogP) is 5.00. The van der Waals surface area contributed by atoms with E-state index in [1.807, 2.05) is 24.4 Å². The maximum Gasteiger partial charge on any atom is 0.159 e. The van der Waals surface area contributed by atoms with Gasteiger partial charge in [0.05, 0.1) is 29.1 Å². The minimum Gasteiger partial charge on any atom is -0.335 e. The van der Waals surface area contributed by atoms with Crippen LogP contribution in [0, 0.1) is 6.92 Å². The first kappa shape index (κ1) is 17.0. The van der Waals surface area contributed by atoms with Crippen LogP contribution in [-0.4, -0.2) is 35.1 Å². The number of hydrogen-bond donors (Lipinski definition) is 2. The van der Waals surface area contributed by atoms with Crippen LogP contribution in [0.25, 0.3) is 55.2 Å². The molecule has 0 atom stereocenters. The van der Waals surface area contributed by atoms with E-state index in [1.54, 1.807) is 36.1 Å². The van der Waals surface area contributed by atoms with Crippen molar-refractivity contribution < 1.29 is 0 Å². The van der Waals surface area contributed by atoms with Crippen LogP contribution in [0.2, 0.25) is 0 Å². The number of H-pyrrole nitrogens is 2. The number of rotatable bonds is 3. The van der Waals surface area contributed by atoms with Crippen LogP contribution in [0.5, 0.6) is 0 Å².